The number of nitriles is 1. The summed E-state index contributed by atoms with van der Waals surface area (Å²) in [6, 6.07) is 10.6. The van der Waals surface area contributed by atoms with E-state index in [1.807, 2.05) is 12.1 Å². The molecule has 0 bridgehead atoms. The van der Waals surface area contributed by atoms with Gasteiger partial charge in [-0.2, -0.15) is 5.26 Å². The third-order valence-corrected chi connectivity index (χ3v) is 3.72. The Morgan fingerprint density at radius 3 is 2.80 bits per heavy atom. The Labute approximate surface area is 129 Å². The zero-order chi connectivity index (χ0) is 14.7. The van der Waals surface area contributed by atoms with E-state index >= 15 is 0 Å². The molecule has 2 rings (SSSR count). The summed E-state index contributed by atoms with van der Waals surface area (Å²) in [6.45, 7) is -0.00871. The average molecular weight is 354 g/mol. The molecule has 1 heterocycles. The Bertz CT molecular complexity index is 750. The molecule has 0 fully saturated rings. The highest BCUT2D eigenvalue weighted by atomic mass is 79.9. The average Bonchev–Trinajstić information content (AvgIpc) is 2.44. The first-order valence-corrected chi connectivity index (χ1v) is 6.87. The summed E-state index contributed by atoms with van der Waals surface area (Å²) in [5.41, 5.74) is 1.32. The lowest BCUT2D eigenvalue weighted by atomic mass is 10.1. The minimum Gasteiger partial charge on any atom is -0.479 e. The number of pyridine rings is 1. The molecule has 0 saturated heterocycles. The van der Waals surface area contributed by atoms with E-state index in [1.165, 1.54) is 4.57 Å². The normalized spacial score (nSPS) is 10.1. The topological polar surface area (TPSA) is 55.0 Å². The maximum atomic E-state index is 11.8. The molecule has 0 unspecified atom stereocenters. The van der Waals surface area contributed by atoms with Crippen molar-refractivity contribution in [2.45, 2.75) is 0 Å². The van der Waals surface area contributed by atoms with Gasteiger partial charge in [-0.25, -0.2) is 0 Å². The first kappa shape index (κ1) is 14.6. The fraction of sp³-hybridized carbons (Fsp3) is 0.143. The number of ether oxygens (including phenoxy) is 1. The van der Waals surface area contributed by atoms with Crippen LogP contribution in [-0.4, -0.2) is 11.2 Å². The van der Waals surface area contributed by atoms with Crippen molar-refractivity contribution in [2.24, 2.45) is 7.05 Å². The van der Waals surface area contributed by atoms with Crippen molar-refractivity contribution in [2.75, 3.05) is 6.61 Å². The van der Waals surface area contributed by atoms with Crippen molar-refractivity contribution in [3.05, 3.63) is 50.2 Å². The lowest BCUT2D eigenvalue weighted by Gasteiger charge is -2.11. The summed E-state index contributed by atoms with van der Waals surface area (Å²) in [7, 11) is 1.66. The first-order chi connectivity index (χ1) is 9.54. The highest BCUT2D eigenvalue weighted by Gasteiger charge is 2.10. The summed E-state index contributed by atoms with van der Waals surface area (Å²) in [6.07, 6.45) is 0. The van der Waals surface area contributed by atoms with E-state index in [0.717, 1.165) is 15.7 Å². The van der Waals surface area contributed by atoms with Gasteiger partial charge in [-0.3, -0.25) is 4.79 Å². The van der Waals surface area contributed by atoms with Gasteiger partial charge in [0.2, 0.25) is 0 Å². The highest BCUT2D eigenvalue weighted by molar-refractivity contribution is 9.10. The molecule has 0 aliphatic rings. The van der Waals surface area contributed by atoms with Gasteiger partial charge in [0.05, 0.1) is 5.69 Å². The summed E-state index contributed by atoms with van der Waals surface area (Å²) in [5, 5.41) is 8.67. The molecular weight excluding hydrogens is 344 g/mol. The fourth-order valence-corrected chi connectivity index (χ4v) is 2.53. The van der Waals surface area contributed by atoms with Crippen LogP contribution in [0.1, 0.15) is 0 Å². The number of rotatable bonds is 3. The Kier molecular flexibility index (Phi) is 4.48. The van der Waals surface area contributed by atoms with E-state index in [9.17, 15) is 4.79 Å². The molecule has 1 aromatic heterocycles. The summed E-state index contributed by atoms with van der Waals surface area (Å²) in [4.78, 5) is 11.8. The molecule has 1 aromatic carbocycles. The van der Waals surface area contributed by atoms with Crippen LogP contribution in [0.3, 0.4) is 0 Å². The van der Waals surface area contributed by atoms with Crippen molar-refractivity contribution in [3.8, 4) is 23.1 Å². The maximum Gasteiger partial charge on any atom is 0.269 e. The maximum absolute atomic E-state index is 11.8. The van der Waals surface area contributed by atoms with Crippen LogP contribution >= 0.6 is 27.5 Å². The van der Waals surface area contributed by atoms with Gasteiger partial charge in [0.25, 0.3) is 5.56 Å². The van der Waals surface area contributed by atoms with Crippen LogP contribution in [0.2, 0.25) is 5.02 Å². The Morgan fingerprint density at radius 2 is 2.15 bits per heavy atom. The third-order valence-electron chi connectivity index (χ3n) is 2.78. The summed E-state index contributed by atoms with van der Waals surface area (Å²) < 4.78 is 7.47. The van der Waals surface area contributed by atoms with E-state index < -0.39 is 0 Å². The highest BCUT2D eigenvalue weighted by Crippen LogP contribution is 2.31. The molecule has 2 aromatic rings. The number of benzene rings is 1. The number of aromatic nitrogens is 1. The van der Waals surface area contributed by atoms with Gasteiger partial charge in [0.15, 0.2) is 6.61 Å². The Morgan fingerprint density at radius 1 is 1.40 bits per heavy atom. The molecule has 4 nitrogen and oxygen atoms in total. The molecule has 102 valence electrons. The number of hydrogen-bond donors (Lipinski definition) is 0. The van der Waals surface area contributed by atoms with Crippen molar-refractivity contribution in [1.29, 1.82) is 5.26 Å². The minimum absolute atomic E-state index is 0.00871. The lowest BCUT2D eigenvalue weighted by molar-refractivity contribution is 0.368. The fourth-order valence-electron chi connectivity index (χ4n) is 1.78. The van der Waals surface area contributed by atoms with Gasteiger partial charge >= 0.3 is 0 Å². The molecule has 0 amide bonds. The van der Waals surface area contributed by atoms with Gasteiger partial charge < -0.3 is 9.30 Å². The summed E-state index contributed by atoms with van der Waals surface area (Å²) >= 11 is 9.24. The SMILES string of the molecule is Cn1c(-c2ccc(OCC#N)cc2Br)ccc(Cl)c1=O. The molecule has 6 heteroatoms. The van der Waals surface area contributed by atoms with Crippen LogP contribution in [0, 0.1) is 11.3 Å². The van der Waals surface area contributed by atoms with Crippen molar-refractivity contribution in [1.82, 2.24) is 4.57 Å². The van der Waals surface area contributed by atoms with E-state index in [4.69, 9.17) is 21.6 Å². The summed E-state index contributed by atoms with van der Waals surface area (Å²) in [5.74, 6) is 0.584. The molecule has 0 aliphatic heterocycles. The molecule has 0 radical (unpaired) electrons. The van der Waals surface area contributed by atoms with Crippen LogP contribution in [0.5, 0.6) is 5.75 Å². The zero-order valence-electron chi connectivity index (χ0n) is 10.6. The van der Waals surface area contributed by atoms with E-state index in [-0.39, 0.29) is 17.2 Å². The second-order valence-electron chi connectivity index (χ2n) is 4.02. The molecule has 0 atom stereocenters. The predicted molar refractivity (Wildman–Crippen MR) is 80.9 cm³/mol. The van der Waals surface area contributed by atoms with Crippen molar-refractivity contribution >= 4 is 27.5 Å². The van der Waals surface area contributed by atoms with Gasteiger partial charge in [-0.1, -0.05) is 11.6 Å². The van der Waals surface area contributed by atoms with E-state index in [2.05, 4.69) is 15.9 Å². The van der Waals surface area contributed by atoms with Crippen LogP contribution in [-0.2, 0) is 7.05 Å². The number of nitrogens with zero attached hydrogens (tertiary/aromatic N) is 2. The standard InChI is InChI=1S/C14H10BrClN2O2/c1-18-13(5-4-12(16)14(18)19)10-3-2-9(8-11(10)15)20-7-6-17/h2-5,8H,7H2,1H3. The zero-order valence-corrected chi connectivity index (χ0v) is 12.9. The minimum atomic E-state index is -0.249. The molecular formula is C14H10BrClN2O2. The van der Waals surface area contributed by atoms with E-state index in [0.29, 0.717) is 5.75 Å². The van der Waals surface area contributed by atoms with Crippen LogP contribution in [0.4, 0.5) is 0 Å². The van der Waals surface area contributed by atoms with Crippen LogP contribution in [0.25, 0.3) is 11.3 Å². The van der Waals surface area contributed by atoms with Gasteiger partial charge in [-0.05, 0) is 46.3 Å². The Hall–Kier alpha value is -1.77. The predicted octanol–water partition coefficient (Wildman–Crippen LogP) is 3.37. The number of hydrogen-bond acceptors (Lipinski definition) is 3. The molecule has 20 heavy (non-hydrogen) atoms. The van der Waals surface area contributed by atoms with Crippen LogP contribution in [0.15, 0.2) is 39.6 Å². The lowest BCUT2D eigenvalue weighted by Crippen LogP contribution is -2.18. The Balaban J connectivity index is 2.47. The molecule has 0 N–H and O–H groups in total. The smallest absolute Gasteiger partial charge is 0.269 e. The molecule has 0 saturated carbocycles. The van der Waals surface area contributed by atoms with Gasteiger partial charge in [-0.15, -0.1) is 0 Å². The third kappa shape index (κ3) is 2.87. The first-order valence-electron chi connectivity index (χ1n) is 5.70. The van der Waals surface area contributed by atoms with Crippen molar-refractivity contribution < 1.29 is 4.74 Å². The van der Waals surface area contributed by atoms with Gasteiger partial charge in [0.1, 0.15) is 16.8 Å². The van der Waals surface area contributed by atoms with E-state index in [1.54, 1.807) is 31.3 Å². The molecule has 0 spiro atoms. The largest absolute Gasteiger partial charge is 0.479 e. The second kappa shape index (κ2) is 6.12. The van der Waals surface area contributed by atoms with Crippen LogP contribution < -0.4 is 10.3 Å². The van der Waals surface area contributed by atoms with Crippen molar-refractivity contribution in [3.63, 3.8) is 0 Å². The quantitative estimate of drug-likeness (QED) is 0.850. The molecule has 0 aliphatic carbocycles. The monoisotopic (exact) mass is 352 g/mol. The van der Waals surface area contributed by atoms with Gasteiger partial charge in [0, 0.05) is 17.1 Å². The number of halogens is 2. The second-order valence-corrected chi connectivity index (χ2v) is 5.28.